The van der Waals surface area contributed by atoms with E-state index in [9.17, 15) is 0 Å². The average Bonchev–Trinajstić information content (AvgIpc) is 2.52. The lowest BCUT2D eigenvalue weighted by Crippen LogP contribution is -2.33. The third kappa shape index (κ3) is 2.10. The van der Waals surface area contributed by atoms with E-state index in [1.54, 1.807) is 0 Å². The van der Waals surface area contributed by atoms with E-state index in [0.717, 1.165) is 17.9 Å². The maximum atomic E-state index is 6.06. The maximum absolute atomic E-state index is 6.06. The van der Waals surface area contributed by atoms with Crippen LogP contribution >= 0.6 is 0 Å². The van der Waals surface area contributed by atoms with Crippen LogP contribution in [0.15, 0.2) is 6.20 Å². The number of nitrogens with two attached hydrogens (primary N) is 1. The zero-order valence-corrected chi connectivity index (χ0v) is 8.89. The van der Waals surface area contributed by atoms with E-state index in [1.165, 1.54) is 0 Å². The van der Waals surface area contributed by atoms with Gasteiger partial charge < -0.3 is 10.7 Å². The number of aromatic nitrogens is 2. The summed E-state index contributed by atoms with van der Waals surface area (Å²) >= 11 is 0. The first kappa shape index (κ1) is 10.3. The van der Waals surface area contributed by atoms with Crippen LogP contribution in [-0.2, 0) is 5.54 Å². The van der Waals surface area contributed by atoms with Gasteiger partial charge in [0.15, 0.2) is 0 Å². The van der Waals surface area contributed by atoms with Gasteiger partial charge in [-0.3, -0.25) is 0 Å². The van der Waals surface area contributed by atoms with Gasteiger partial charge in [-0.15, -0.1) is 0 Å². The molecule has 1 rings (SSSR count). The van der Waals surface area contributed by atoms with Gasteiger partial charge in [-0.2, -0.15) is 0 Å². The fourth-order valence-corrected chi connectivity index (χ4v) is 1.09. The molecule has 1 heterocycles. The van der Waals surface area contributed by atoms with Crippen LogP contribution in [0.2, 0.25) is 0 Å². The van der Waals surface area contributed by atoms with Gasteiger partial charge in [-0.1, -0.05) is 20.8 Å². The Hall–Kier alpha value is -0.830. The van der Waals surface area contributed by atoms with Crippen LogP contribution in [0, 0.1) is 0 Å². The van der Waals surface area contributed by atoms with Crippen LogP contribution in [0.25, 0.3) is 0 Å². The molecule has 3 heteroatoms. The van der Waals surface area contributed by atoms with Gasteiger partial charge in [-0.05, 0) is 19.3 Å². The fourth-order valence-electron chi connectivity index (χ4n) is 1.09. The van der Waals surface area contributed by atoms with E-state index < -0.39 is 0 Å². The van der Waals surface area contributed by atoms with Crippen LogP contribution in [0.3, 0.4) is 0 Å². The molecular weight excluding hydrogens is 162 g/mol. The monoisotopic (exact) mass is 181 g/mol. The Morgan fingerprint density at radius 3 is 2.62 bits per heavy atom. The van der Waals surface area contributed by atoms with Crippen molar-refractivity contribution < 1.29 is 0 Å². The molecule has 0 fully saturated rings. The molecule has 1 unspecified atom stereocenters. The Morgan fingerprint density at radius 1 is 1.62 bits per heavy atom. The quantitative estimate of drug-likeness (QED) is 0.750. The van der Waals surface area contributed by atoms with Crippen molar-refractivity contribution in [2.45, 2.75) is 45.6 Å². The molecule has 13 heavy (non-hydrogen) atoms. The summed E-state index contributed by atoms with van der Waals surface area (Å²) in [6.07, 6.45) is 2.76. The van der Waals surface area contributed by atoms with Crippen molar-refractivity contribution in [3.63, 3.8) is 0 Å². The number of imidazole rings is 1. The third-order valence-corrected chi connectivity index (χ3v) is 2.49. The van der Waals surface area contributed by atoms with Crippen molar-refractivity contribution in [1.82, 2.24) is 9.97 Å². The summed E-state index contributed by atoms with van der Waals surface area (Å²) in [5.41, 5.74) is 6.88. The lowest BCUT2D eigenvalue weighted by molar-refractivity contribution is 0.448. The molecule has 1 atom stereocenters. The lowest BCUT2D eigenvalue weighted by atomic mass is 10.00. The smallest absolute Gasteiger partial charge is 0.126 e. The zero-order chi connectivity index (χ0) is 10.1. The lowest BCUT2D eigenvalue weighted by Gasteiger charge is -2.19. The number of nitrogens with zero attached hydrogens (tertiary/aromatic N) is 1. The Bertz CT molecular complexity index is 273. The highest BCUT2D eigenvalue weighted by Gasteiger charge is 2.22. The molecule has 3 nitrogen and oxygen atoms in total. The van der Waals surface area contributed by atoms with Crippen LogP contribution in [0.4, 0.5) is 0 Å². The third-order valence-electron chi connectivity index (χ3n) is 2.49. The van der Waals surface area contributed by atoms with Gasteiger partial charge >= 0.3 is 0 Å². The summed E-state index contributed by atoms with van der Waals surface area (Å²) in [4.78, 5) is 7.57. The molecule has 0 aromatic carbocycles. The fraction of sp³-hybridized carbons (Fsp3) is 0.700. The van der Waals surface area contributed by atoms with E-state index in [1.807, 2.05) is 13.1 Å². The molecule has 0 saturated heterocycles. The van der Waals surface area contributed by atoms with Crippen LogP contribution in [0.5, 0.6) is 0 Å². The van der Waals surface area contributed by atoms with Crippen LogP contribution in [0.1, 0.15) is 51.6 Å². The minimum atomic E-state index is -0.326. The summed E-state index contributed by atoms with van der Waals surface area (Å²) in [5, 5.41) is 0. The van der Waals surface area contributed by atoms with Gasteiger partial charge in [-0.25, -0.2) is 4.98 Å². The molecule has 0 bridgehead atoms. The number of rotatable bonds is 3. The molecule has 0 aliphatic carbocycles. The Kier molecular flexibility index (Phi) is 2.76. The number of hydrogen-bond donors (Lipinski definition) is 2. The number of aromatic amines is 1. The maximum Gasteiger partial charge on any atom is 0.126 e. The minimum Gasteiger partial charge on any atom is -0.344 e. The SMILES string of the molecule is CCC(C)(N)c1ncc(C(C)C)[nH]1. The zero-order valence-electron chi connectivity index (χ0n) is 8.89. The summed E-state index contributed by atoms with van der Waals surface area (Å²) in [5.74, 6) is 1.37. The van der Waals surface area contributed by atoms with Crippen molar-refractivity contribution in [1.29, 1.82) is 0 Å². The van der Waals surface area contributed by atoms with E-state index >= 15 is 0 Å². The van der Waals surface area contributed by atoms with Crippen LogP contribution < -0.4 is 5.73 Å². The average molecular weight is 181 g/mol. The van der Waals surface area contributed by atoms with Crippen molar-refractivity contribution in [3.05, 3.63) is 17.7 Å². The van der Waals surface area contributed by atoms with E-state index in [2.05, 4.69) is 30.7 Å². The molecule has 1 aromatic heterocycles. The summed E-state index contributed by atoms with van der Waals surface area (Å²) < 4.78 is 0. The van der Waals surface area contributed by atoms with Crippen LogP contribution in [-0.4, -0.2) is 9.97 Å². The summed E-state index contributed by atoms with van der Waals surface area (Å²) in [6.45, 7) is 8.34. The molecule has 0 radical (unpaired) electrons. The summed E-state index contributed by atoms with van der Waals surface area (Å²) in [6, 6.07) is 0. The number of nitrogens with one attached hydrogen (secondary N) is 1. The minimum absolute atomic E-state index is 0.326. The van der Waals surface area contributed by atoms with E-state index in [-0.39, 0.29) is 5.54 Å². The highest BCUT2D eigenvalue weighted by molar-refractivity contribution is 5.11. The Labute approximate surface area is 79.8 Å². The van der Waals surface area contributed by atoms with Gasteiger partial charge in [0, 0.05) is 11.9 Å². The van der Waals surface area contributed by atoms with Crippen molar-refractivity contribution >= 4 is 0 Å². The molecule has 3 N–H and O–H groups in total. The molecular formula is C10H19N3. The molecule has 0 spiro atoms. The topological polar surface area (TPSA) is 54.7 Å². The Morgan fingerprint density at radius 2 is 2.23 bits per heavy atom. The molecule has 0 amide bonds. The van der Waals surface area contributed by atoms with Gasteiger partial charge in [0.2, 0.25) is 0 Å². The normalized spacial score (nSPS) is 16.2. The van der Waals surface area contributed by atoms with Gasteiger partial charge in [0.1, 0.15) is 5.82 Å². The second-order valence-corrected chi connectivity index (χ2v) is 4.11. The largest absolute Gasteiger partial charge is 0.344 e. The highest BCUT2D eigenvalue weighted by Crippen LogP contribution is 2.20. The molecule has 0 aliphatic rings. The van der Waals surface area contributed by atoms with Gasteiger partial charge in [0.05, 0.1) is 5.54 Å². The molecule has 0 saturated carbocycles. The molecule has 0 aliphatic heterocycles. The highest BCUT2D eigenvalue weighted by atomic mass is 15.0. The van der Waals surface area contributed by atoms with Crippen molar-refractivity contribution in [3.8, 4) is 0 Å². The van der Waals surface area contributed by atoms with Crippen molar-refractivity contribution in [2.24, 2.45) is 5.73 Å². The van der Waals surface area contributed by atoms with E-state index in [0.29, 0.717) is 5.92 Å². The first-order valence-electron chi connectivity index (χ1n) is 4.81. The van der Waals surface area contributed by atoms with Gasteiger partial charge in [0.25, 0.3) is 0 Å². The Balaban J connectivity index is 2.91. The first-order chi connectivity index (χ1) is 5.97. The van der Waals surface area contributed by atoms with Crippen molar-refractivity contribution in [2.75, 3.05) is 0 Å². The predicted molar refractivity (Wildman–Crippen MR) is 54.5 cm³/mol. The second kappa shape index (κ2) is 3.50. The predicted octanol–water partition coefficient (Wildman–Crippen LogP) is 2.12. The van der Waals surface area contributed by atoms with E-state index in [4.69, 9.17) is 5.73 Å². The second-order valence-electron chi connectivity index (χ2n) is 4.11. The molecule has 74 valence electrons. The standard InChI is InChI=1S/C10H19N3/c1-5-10(4,11)9-12-6-8(13-9)7(2)3/h6-7H,5,11H2,1-4H3,(H,12,13). The first-order valence-corrected chi connectivity index (χ1v) is 4.81. The number of H-pyrrole nitrogens is 1. The molecule has 1 aromatic rings. The number of hydrogen-bond acceptors (Lipinski definition) is 2. The summed E-state index contributed by atoms with van der Waals surface area (Å²) in [7, 11) is 0.